The zero-order chi connectivity index (χ0) is 22.8. The van der Waals surface area contributed by atoms with E-state index in [9.17, 15) is 9.67 Å². The third kappa shape index (κ3) is 5.63. The minimum atomic E-state index is -3.60. The van der Waals surface area contributed by atoms with E-state index in [4.69, 9.17) is 4.52 Å². The molecule has 2 aromatic rings. The minimum Gasteiger partial charge on any atom is -0.378 e. The molecule has 0 bridgehead atoms. The molecule has 31 heavy (non-hydrogen) atoms. The molecule has 0 saturated heterocycles. The second kappa shape index (κ2) is 10.2. The normalized spacial score (nSPS) is 24.6. The largest absolute Gasteiger partial charge is 0.378 e. The first kappa shape index (κ1) is 24.5. The van der Waals surface area contributed by atoms with E-state index in [2.05, 4.69) is 36.7 Å². The average Bonchev–Trinajstić information content (AvgIpc) is 2.73. The van der Waals surface area contributed by atoms with Crippen molar-refractivity contribution in [3.05, 3.63) is 58.6 Å². The number of benzene rings is 2. The van der Waals surface area contributed by atoms with Crippen molar-refractivity contribution in [2.45, 2.75) is 52.0 Å². The van der Waals surface area contributed by atoms with E-state index in [1.54, 1.807) is 0 Å². The second-order valence-corrected chi connectivity index (χ2v) is 12.7. The predicted molar refractivity (Wildman–Crippen MR) is 133 cm³/mol. The zero-order valence-corrected chi connectivity index (χ0v) is 21.6. The molecular formula is C25H35BrNO3P. The molecule has 1 N–H and O–H groups in total. The first-order valence-corrected chi connectivity index (χ1v) is 13.6. The maximum absolute atomic E-state index is 14.5. The van der Waals surface area contributed by atoms with E-state index in [1.807, 2.05) is 67.5 Å². The third-order valence-electron chi connectivity index (χ3n) is 6.47. The Kier molecular flexibility index (Phi) is 8.07. The van der Waals surface area contributed by atoms with E-state index in [-0.39, 0.29) is 6.10 Å². The van der Waals surface area contributed by atoms with Crippen LogP contribution in [0.1, 0.15) is 51.4 Å². The lowest BCUT2D eigenvalue weighted by molar-refractivity contribution is 0.0427. The average molecular weight is 508 g/mol. The quantitative estimate of drug-likeness (QED) is 0.429. The fraction of sp³-hybridized carbons (Fsp3) is 0.520. The van der Waals surface area contributed by atoms with Gasteiger partial charge < -0.3 is 14.5 Å². The van der Waals surface area contributed by atoms with Gasteiger partial charge in [-0.1, -0.05) is 55.3 Å². The Bertz CT molecular complexity index is 898. The summed E-state index contributed by atoms with van der Waals surface area (Å²) in [5.74, 6) is 0.0832. The van der Waals surface area contributed by atoms with Gasteiger partial charge in [0.25, 0.3) is 7.37 Å². The standard InChI is InChI=1S/C25H35BrNO3P/c1-17(2)23-15-6-18(3)16-24(23)30-31(29,22-13-11-21(12-14-22)27(4)5)25(28)19-7-9-20(26)10-8-19/h7-14,17-18,23-25,28H,6,15-16H2,1-5H3/t18-,23-,24-,25+,31+/m1/s1. The molecular weight excluding hydrogens is 473 g/mol. The van der Waals surface area contributed by atoms with E-state index < -0.39 is 13.2 Å². The second-order valence-electron chi connectivity index (χ2n) is 9.40. The van der Waals surface area contributed by atoms with Crippen molar-refractivity contribution in [1.29, 1.82) is 0 Å². The highest BCUT2D eigenvalue weighted by atomic mass is 79.9. The van der Waals surface area contributed by atoms with Crippen LogP contribution < -0.4 is 10.2 Å². The molecule has 0 heterocycles. The van der Waals surface area contributed by atoms with Crippen LogP contribution in [0, 0.1) is 17.8 Å². The van der Waals surface area contributed by atoms with Crippen molar-refractivity contribution < 1.29 is 14.2 Å². The summed E-state index contributed by atoms with van der Waals surface area (Å²) in [6.45, 7) is 6.65. The molecule has 0 amide bonds. The summed E-state index contributed by atoms with van der Waals surface area (Å²) < 4.78 is 22.0. The highest BCUT2D eigenvalue weighted by Gasteiger charge is 2.42. The molecule has 0 unspecified atom stereocenters. The number of rotatable bonds is 7. The summed E-state index contributed by atoms with van der Waals surface area (Å²) in [7, 11) is 0.341. The van der Waals surface area contributed by atoms with Crippen molar-refractivity contribution >= 4 is 34.3 Å². The molecule has 6 heteroatoms. The van der Waals surface area contributed by atoms with Gasteiger partial charge in [-0.2, -0.15) is 0 Å². The van der Waals surface area contributed by atoms with Crippen molar-refractivity contribution in [2.24, 2.45) is 17.8 Å². The van der Waals surface area contributed by atoms with Gasteiger partial charge in [0.2, 0.25) is 0 Å². The van der Waals surface area contributed by atoms with Crippen LogP contribution in [0.5, 0.6) is 0 Å². The summed E-state index contributed by atoms with van der Waals surface area (Å²) in [5.41, 5.74) is 1.62. The summed E-state index contributed by atoms with van der Waals surface area (Å²) in [6.07, 6.45) is 2.97. The van der Waals surface area contributed by atoms with Crippen LogP contribution in [0.4, 0.5) is 5.69 Å². The minimum absolute atomic E-state index is 0.131. The Hall–Kier alpha value is -1.13. The van der Waals surface area contributed by atoms with Crippen molar-refractivity contribution in [1.82, 2.24) is 0 Å². The third-order valence-corrected chi connectivity index (χ3v) is 9.54. The van der Waals surface area contributed by atoms with Gasteiger partial charge in [-0.25, -0.2) is 0 Å². The van der Waals surface area contributed by atoms with Gasteiger partial charge in [-0.15, -0.1) is 0 Å². The molecule has 170 valence electrons. The molecule has 1 saturated carbocycles. The number of hydrogen-bond donors (Lipinski definition) is 1. The van der Waals surface area contributed by atoms with Crippen LogP contribution in [-0.2, 0) is 9.09 Å². The van der Waals surface area contributed by atoms with Crippen LogP contribution in [-0.4, -0.2) is 25.3 Å². The fourth-order valence-electron chi connectivity index (χ4n) is 4.49. The molecule has 1 aliphatic carbocycles. The Morgan fingerprint density at radius 3 is 2.23 bits per heavy atom. The molecule has 0 spiro atoms. The summed E-state index contributed by atoms with van der Waals surface area (Å²) >= 11 is 3.43. The Labute approximate surface area is 195 Å². The summed E-state index contributed by atoms with van der Waals surface area (Å²) in [5, 5.41) is 11.9. The first-order valence-electron chi connectivity index (χ1n) is 11.1. The Balaban J connectivity index is 2.02. The SMILES string of the molecule is CC(C)[C@H]1CC[C@@H](C)C[C@H]1O[P@@](=O)(c1ccc(N(C)C)cc1)[C@H](O)c1ccc(Br)cc1. The van der Waals surface area contributed by atoms with Gasteiger partial charge >= 0.3 is 0 Å². The van der Waals surface area contributed by atoms with Crippen LogP contribution in [0.15, 0.2) is 53.0 Å². The maximum atomic E-state index is 14.5. The zero-order valence-electron chi connectivity index (χ0n) is 19.2. The number of nitrogens with zero attached hydrogens (tertiary/aromatic N) is 1. The predicted octanol–water partition coefficient (Wildman–Crippen LogP) is 6.59. The van der Waals surface area contributed by atoms with E-state index in [1.165, 1.54) is 6.42 Å². The number of aliphatic hydroxyl groups is 1. The van der Waals surface area contributed by atoms with Gasteiger partial charge in [0.15, 0.2) is 5.85 Å². The fourth-order valence-corrected chi connectivity index (χ4v) is 7.04. The highest BCUT2D eigenvalue weighted by Crippen LogP contribution is 2.60. The Morgan fingerprint density at radius 2 is 1.68 bits per heavy atom. The van der Waals surface area contributed by atoms with Gasteiger partial charge in [0, 0.05) is 29.6 Å². The molecule has 3 rings (SSSR count). The van der Waals surface area contributed by atoms with E-state index >= 15 is 0 Å². The van der Waals surface area contributed by atoms with Crippen molar-refractivity contribution in [3.63, 3.8) is 0 Å². The van der Waals surface area contributed by atoms with Gasteiger partial charge in [-0.3, -0.25) is 4.57 Å². The molecule has 0 aliphatic heterocycles. The molecule has 0 radical (unpaired) electrons. The van der Waals surface area contributed by atoms with Crippen LogP contribution in [0.2, 0.25) is 0 Å². The lowest BCUT2D eigenvalue weighted by Crippen LogP contribution is -2.35. The first-order chi connectivity index (χ1) is 14.6. The van der Waals surface area contributed by atoms with E-state index in [0.717, 1.165) is 23.0 Å². The number of aliphatic hydroxyl groups excluding tert-OH is 1. The highest BCUT2D eigenvalue weighted by molar-refractivity contribution is 9.10. The van der Waals surface area contributed by atoms with Crippen LogP contribution in [0.3, 0.4) is 0 Å². The maximum Gasteiger partial charge on any atom is 0.264 e. The van der Waals surface area contributed by atoms with Crippen LogP contribution >= 0.6 is 23.3 Å². The number of halogens is 1. The number of anilines is 1. The summed E-state index contributed by atoms with van der Waals surface area (Å²) in [4.78, 5) is 2.00. The lowest BCUT2D eigenvalue weighted by Gasteiger charge is -2.40. The van der Waals surface area contributed by atoms with Gasteiger partial charge in [0.1, 0.15) is 0 Å². The van der Waals surface area contributed by atoms with Crippen LogP contribution in [0.25, 0.3) is 0 Å². The van der Waals surface area contributed by atoms with Crippen molar-refractivity contribution in [3.8, 4) is 0 Å². The summed E-state index contributed by atoms with van der Waals surface area (Å²) in [6, 6.07) is 14.9. The topological polar surface area (TPSA) is 49.8 Å². The molecule has 4 nitrogen and oxygen atoms in total. The molecule has 1 aliphatic rings. The lowest BCUT2D eigenvalue weighted by atomic mass is 9.75. The molecule has 2 aromatic carbocycles. The smallest absolute Gasteiger partial charge is 0.264 e. The van der Waals surface area contributed by atoms with Crippen molar-refractivity contribution in [2.75, 3.05) is 19.0 Å². The van der Waals surface area contributed by atoms with Gasteiger partial charge in [-0.05, 0) is 72.6 Å². The molecule has 0 aromatic heterocycles. The molecule has 1 fully saturated rings. The molecule has 5 atom stereocenters. The van der Waals surface area contributed by atoms with Gasteiger partial charge in [0.05, 0.1) is 6.10 Å². The Morgan fingerprint density at radius 1 is 1.06 bits per heavy atom. The number of hydrogen-bond acceptors (Lipinski definition) is 4. The van der Waals surface area contributed by atoms with E-state index in [0.29, 0.717) is 28.6 Å². The monoisotopic (exact) mass is 507 g/mol.